The molecular formula is C11H17N3O. The third-order valence-electron chi connectivity index (χ3n) is 2.35. The standard InChI is InChI=1S/C11H17N3O/c1-4-14(5-2)11(15)9-7-13-8(3)6-10(9)12/h6-7H,4-5H2,1-3H3,(H2,12,13). The van der Waals surface area contributed by atoms with Crippen molar-refractivity contribution in [1.82, 2.24) is 9.88 Å². The van der Waals surface area contributed by atoms with Gasteiger partial charge < -0.3 is 10.6 Å². The molecule has 0 radical (unpaired) electrons. The van der Waals surface area contributed by atoms with Gasteiger partial charge >= 0.3 is 0 Å². The van der Waals surface area contributed by atoms with E-state index in [9.17, 15) is 4.79 Å². The van der Waals surface area contributed by atoms with Gasteiger partial charge in [-0.1, -0.05) is 0 Å². The number of anilines is 1. The van der Waals surface area contributed by atoms with Crippen molar-refractivity contribution in [1.29, 1.82) is 0 Å². The number of nitrogen functional groups attached to an aromatic ring is 1. The highest BCUT2D eigenvalue weighted by atomic mass is 16.2. The van der Waals surface area contributed by atoms with Gasteiger partial charge in [-0.2, -0.15) is 0 Å². The molecule has 0 unspecified atom stereocenters. The zero-order valence-electron chi connectivity index (χ0n) is 9.45. The van der Waals surface area contributed by atoms with E-state index in [1.165, 1.54) is 0 Å². The van der Waals surface area contributed by atoms with Crippen LogP contribution < -0.4 is 5.73 Å². The van der Waals surface area contributed by atoms with Gasteiger partial charge in [-0.25, -0.2) is 0 Å². The molecule has 0 aliphatic rings. The molecule has 4 heteroatoms. The van der Waals surface area contributed by atoms with E-state index in [1.54, 1.807) is 17.2 Å². The van der Waals surface area contributed by atoms with Crippen LogP contribution in [-0.4, -0.2) is 28.9 Å². The topological polar surface area (TPSA) is 59.2 Å². The van der Waals surface area contributed by atoms with Crippen molar-refractivity contribution in [3.63, 3.8) is 0 Å². The van der Waals surface area contributed by atoms with Gasteiger partial charge in [0, 0.05) is 30.7 Å². The fraction of sp³-hybridized carbons (Fsp3) is 0.455. The van der Waals surface area contributed by atoms with Crippen LogP contribution in [0.2, 0.25) is 0 Å². The average molecular weight is 207 g/mol. The number of pyridine rings is 1. The molecule has 1 aromatic heterocycles. The van der Waals surface area contributed by atoms with E-state index in [4.69, 9.17) is 5.73 Å². The van der Waals surface area contributed by atoms with Gasteiger partial charge in [-0.05, 0) is 26.8 Å². The van der Waals surface area contributed by atoms with Crippen LogP contribution in [0.4, 0.5) is 5.69 Å². The molecule has 0 fully saturated rings. The lowest BCUT2D eigenvalue weighted by Gasteiger charge is -2.19. The molecule has 1 aromatic rings. The number of carbonyl (C=O) groups is 1. The van der Waals surface area contributed by atoms with E-state index < -0.39 is 0 Å². The average Bonchev–Trinajstić information content (AvgIpc) is 2.19. The van der Waals surface area contributed by atoms with Gasteiger partial charge in [0.1, 0.15) is 0 Å². The van der Waals surface area contributed by atoms with Crippen molar-refractivity contribution >= 4 is 11.6 Å². The number of amides is 1. The summed E-state index contributed by atoms with van der Waals surface area (Å²) in [6.45, 7) is 7.10. The highest BCUT2D eigenvalue weighted by molar-refractivity contribution is 5.98. The van der Waals surface area contributed by atoms with E-state index in [0.29, 0.717) is 24.3 Å². The number of hydrogen-bond donors (Lipinski definition) is 1. The molecule has 82 valence electrons. The van der Waals surface area contributed by atoms with Crippen LogP contribution in [0.5, 0.6) is 0 Å². The molecule has 4 nitrogen and oxygen atoms in total. The van der Waals surface area contributed by atoms with Crippen molar-refractivity contribution in [2.75, 3.05) is 18.8 Å². The van der Waals surface area contributed by atoms with Crippen molar-refractivity contribution in [3.05, 3.63) is 23.5 Å². The summed E-state index contributed by atoms with van der Waals surface area (Å²) in [7, 11) is 0. The molecule has 0 saturated heterocycles. The Morgan fingerprint density at radius 3 is 2.53 bits per heavy atom. The maximum absolute atomic E-state index is 11.9. The van der Waals surface area contributed by atoms with Crippen molar-refractivity contribution in [2.24, 2.45) is 0 Å². The third-order valence-corrected chi connectivity index (χ3v) is 2.35. The van der Waals surface area contributed by atoms with Crippen LogP contribution in [0.25, 0.3) is 0 Å². The van der Waals surface area contributed by atoms with Crippen LogP contribution in [0, 0.1) is 6.92 Å². The summed E-state index contributed by atoms with van der Waals surface area (Å²) in [4.78, 5) is 17.8. The Bertz CT molecular complexity index is 359. The predicted octanol–water partition coefficient (Wildman–Crippen LogP) is 1.45. The first-order valence-electron chi connectivity index (χ1n) is 5.11. The van der Waals surface area contributed by atoms with Crippen LogP contribution in [0.15, 0.2) is 12.3 Å². The molecule has 15 heavy (non-hydrogen) atoms. The molecule has 0 aromatic carbocycles. The summed E-state index contributed by atoms with van der Waals surface area (Å²) in [6.07, 6.45) is 1.55. The molecule has 2 N–H and O–H groups in total. The highest BCUT2D eigenvalue weighted by Gasteiger charge is 2.15. The Labute approximate surface area is 90.1 Å². The second kappa shape index (κ2) is 4.77. The summed E-state index contributed by atoms with van der Waals surface area (Å²) in [5.41, 5.74) is 7.59. The lowest BCUT2D eigenvalue weighted by Crippen LogP contribution is -2.31. The SMILES string of the molecule is CCN(CC)C(=O)c1cnc(C)cc1N. The van der Waals surface area contributed by atoms with Crippen molar-refractivity contribution in [2.45, 2.75) is 20.8 Å². The zero-order chi connectivity index (χ0) is 11.4. The minimum atomic E-state index is -0.0509. The number of nitrogens with zero attached hydrogens (tertiary/aromatic N) is 2. The smallest absolute Gasteiger partial charge is 0.257 e. The first-order valence-corrected chi connectivity index (χ1v) is 5.11. The largest absolute Gasteiger partial charge is 0.398 e. The molecule has 1 heterocycles. The monoisotopic (exact) mass is 207 g/mol. The summed E-state index contributed by atoms with van der Waals surface area (Å²) in [5.74, 6) is -0.0509. The summed E-state index contributed by atoms with van der Waals surface area (Å²) < 4.78 is 0. The molecule has 0 atom stereocenters. The molecule has 0 aliphatic carbocycles. The van der Waals surface area contributed by atoms with Gasteiger partial charge in [-0.15, -0.1) is 0 Å². The first kappa shape index (κ1) is 11.5. The van der Waals surface area contributed by atoms with Gasteiger partial charge in [0.05, 0.1) is 5.56 Å². The molecular weight excluding hydrogens is 190 g/mol. The minimum Gasteiger partial charge on any atom is -0.398 e. The molecule has 0 aliphatic heterocycles. The number of nitrogens with two attached hydrogens (primary N) is 1. The number of aryl methyl sites for hydroxylation is 1. The van der Waals surface area contributed by atoms with E-state index >= 15 is 0 Å². The molecule has 1 rings (SSSR count). The molecule has 0 spiro atoms. The molecule has 1 amide bonds. The lowest BCUT2D eigenvalue weighted by molar-refractivity contribution is 0.0773. The van der Waals surface area contributed by atoms with E-state index in [0.717, 1.165) is 5.69 Å². The quantitative estimate of drug-likeness (QED) is 0.816. The van der Waals surface area contributed by atoms with E-state index in [-0.39, 0.29) is 5.91 Å². The van der Waals surface area contributed by atoms with Crippen molar-refractivity contribution in [3.8, 4) is 0 Å². The first-order chi connectivity index (χ1) is 7.10. The van der Waals surface area contributed by atoms with Gasteiger partial charge in [-0.3, -0.25) is 9.78 Å². The number of hydrogen-bond acceptors (Lipinski definition) is 3. The van der Waals surface area contributed by atoms with Crippen LogP contribution in [-0.2, 0) is 0 Å². The maximum Gasteiger partial charge on any atom is 0.257 e. The third kappa shape index (κ3) is 2.46. The van der Waals surface area contributed by atoms with Crippen molar-refractivity contribution < 1.29 is 4.79 Å². The number of carbonyl (C=O) groups excluding carboxylic acids is 1. The number of rotatable bonds is 3. The van der Waals surface area contributed by atoms with E-state index in [1.807, 2.05) is 20.8 Å². The van der Waals surface area contributed by atoms with Crippen LogP contribution >= 0.6 is 0 Å². The van der Waals surface area contributed by atoms with Gasteiger partial charge in [0.15, 0.2) is 0 Å². The summed E-state index contributed by atoms with van der Waals surface area (Å²) >= 11 is 0. The van der Waals surface area contributed by atoms with Crippen LogP contribution in [0.1, 0.15) is 29.9 Å². The predicted molar refractivity (Wildman–Crippen MR) is 60.6 cm³/mol. The summed E-state index contributed by atoms with van der Waals surface area (Å²) in [6, 6.07) is 1.72. The second-order valence-electron chi connectivity index (χ2n) is 3.39. The Morgan fingerprint density at radius 2 is 2.07 bits per heavy atom. The van der Waals surface area contributed by atoms with Crippen LogP contribution in [0.3, 0.4) is 0 Å². The second-order valence-corrected chi connectivity index (χ2v) is 3.39. The zero-order valence-corrected chi connectivity index (χ0v) is 9.45. The minimum absolute atomic E-state index is 0.0509. The lowest BCUT2D eigenvalue weighted by atomic mass is 10.2. The number of aromatic nitrogens is 1. The Hall–Kier alpha value is -1.58. The Morgan fingerprint density at radius 1 is 1.47 bits per heavy atom. The molecule has 0 bridgehead atoms. The van der Waals surface area contributed by atoms with E-state index in [2.05, 4.69) is 4.98 Å². The normalized spacial score (nSPS) is 10.1. The molecule has 0 saturated carbocycles. The van der Waals surface area contributed by atoms with Gasteiger partial charge in [0.2, 0.25) is 0 Å². The van der Waals surface area contributed by atoms with Gasteiger partial charge in [0.25, 0.3) is 5.91 Å². The maximum atomic E-state index is 11.9. The fourth-order valence-corrected chi connectivity index (χ4v) is 1.44. The Balaban J connectivity index is 3.00. The fourth-order valence-electron chi connectivity index (χ4n) is 1.44. The highest BCUT2D eigenvalue weighted by Crippen LogP contribution is 2.13. The summed E-state index contributed by atoms with van der Waals surface area (Å²) in [5, 5.41) is 0. The Kier molecular flexibility index (Phi) is 3.66.